The number of rotatable bonds is 6. The van der Waals surface area contributed by atoms with E-state index >= 15 is 0 Å². The lowest BCUT2D eigenvalue weighted by molar-refractivity contribution is -0.139. The summed E-state index contributed by atoms with van der Waals surface area (Å²) in [5.41, 5.74) is -1.25. The Kier molecular flexibility index (Phi) is 6.03. The molecule has 0 heterocycles. The van der Waals surface area contributed by atoms with Gasteiger partial charge in [0.05, 0.1) is 10.5 Å². The normalized spacial score (nSPS) is 12.9. The molecule has 9 heteroatoms. The lowest BCUT2D eigenvalue weighted by Gasteiger charge is -2.20. The first-order valence-electron chi connectivity index (χ1n) is 6.08. The van der Waals surface area contributed by atoms with Gasteiger partial charge in [0.15, 0.2) is 0 Å². The molecule has 0 aliphatic carbocycles. The van der Waals surface area contributed by atoms with Crippen molar-refractivity contribution in [2.75, 3.05) is 27.2 Å². The number of nitrogens with zero attached hydrogens (tertiary/aromatic N) is 1. The summed E-state index contributed by atoms with van der Waals surface area (Å²) in [4.78, 5) is -0.786. The standard InChI is InChI=1S/C12H16ClF3N2O2S/c1-17-6-3-7-18(2)21(19,20)11-5-4-9(13)8-10(11)12(14,15)16/h4-5,8,17H,3,6-7H2,1-2H3. The van der Waals surface area contributed by atoms with Crippen LogP contribution in [0, 0.1) is 0 Å². The van der Waals surface area contributed by atoms with E-state index in [2.05, 4.69) is 5.32 Å². The third-order valence-corrected chi connectivity index (χ3v) is 4.99. The summed E-state index contributed by atoms with van der Waals surface area (Å²) in [7, 11) is -1.27. The minimum Gasteiger partial charge on any atom is -0.320 e. The Morgan fingerprint density at radius 3 is 2.48 bits per heavy atom. The van der Waals surface area contributed by atoms with Crippen molar-refractivity contribution >= 4 is 21.6 Å². The van der Waals surface area contributed by atoms with Crippen LogP contribution < -0.4 is 5.32 Å². The molecule has 0 bridgehead atoms. The summed E-state index contributed by atoms with van der Waals surface area (Å²) >= 11 is 5.54. The van der Waals surface area contributed by atoms with Crippen LogP contribution in [0.15, 0.2) is 23.1 Å². The molecule has 0 aliphatic rings. The summed E-state index contributed by atoms with van der Waals surface area (Å²) in [6.07, 6.45) is -4.31. The highest BCUT2D eigenvalue weighted by atomic mass is 35.5. The largest absolute Gasteiger partial charge is 0.417 e. The fraction of sp³-hybridized carbons (Fsp3) is 0.500. The zero-order valence-electron chi connectivity index (χ0n) is 11.5. The van der Waals surface area contributed by atoms with Crippen molar-refractivity contribution in [1.82, 2.24) is 9.62 Å². The summed E-state index contributed by atoms with van der Waals surface area (Å²) in [5, 5.41) is 2.67. The Balaban J connectivity index is 3.20. The maximum absolute atomic E-state index is 13.0. The highest BCUT2D eigenvalue weighted by molar-refractivity contribution is 7.89. The molecule has 0 aromatic heterocycles. The van der Waals surface area contributed by atoms with Gasteiger partial charge in [-0.25, -0.2) is 12.7 Å². The minimum absolute atomic E-state index is 0.114. The Morgan fingerprint density at radius 2 is 1.95 bits per heavy atom. The smallest absolute Gasteiger partial charge is 0.320 e. The van der Waals surface area contributed by atoms with Gasteiger partial charge in [0.25, 0.3) is 0 Å². The van der Waals surface area contributed by atoms with E-state index in [1.165, 1.54) is 7.05 Å². The molecule has 0 amide bonds. The van der Waals surface area contributed by atoms with Crippen molar-refractivity contribution in [2.45, 2.75) is 17.5 Å². The number of halogens is 4. The molecule has 0 aliphatic heterocycles. The molecule has 1 N–H and O–H groups in total. The van der Waals surface area contributed by atoms with E-state index in [0.717, 1.165) is 16.4 Å². The molecule has 120 valence electrons. The number of nitrogens with one attached hydrogen (secondary N) is 1. The van der Waals surface area contributed by atoms with Gasteiger partial charge in [-0.2, -0.15) is 13.2 Å². The Labute approximate surface area is 126 Å². The fourth-order valence-electron chi connectivity index (χ4n) is 1.72. The lowest BCUT2D eigenvalue weighted by Crippen LogP contribution is -2.31. The average molecular weight is 345 g/mol. The van der Waals surface area contributed by atoms with E-state index in [1.807, 2.05) is 0 Å². The van der Waals surface area contributed by atoms with Crippen LogP contribution in [-0.2, 0) is 16.2 Å². The summed E-state index contributed by atoms with van der Waals surface area (Å²) in [6.45, 7) is 0.676. The van der Waals surface area contributed by atoms with Gasteiger partial charge in [-0.3, -0.25) is 0 Å². The van der Waals surface area contributed by atoms with Crippen LogP contribution >= 0.6 is 11.6 Å². The summed E-state index contributed by atoms with van der Waals surface area (Å²) in [5.74, 6) is 0. The molecule has 0 saturated carbocycles. The fourth-order valence-corrected chi connectivity index (χ4v) is 3.29. The van der Waals surface area contributed by atoms with E-state index in [9.17, 15) is 21.6 Å². The van der Waals surface area contributed by atoms with Gasteiger partial charge in [-0.1, -0.05) is 11.6 Å². The number of hydrogen-bond donors (Lipinski definition) is 1. The number of sulfonamides is 1. The second kappa shape index (κ2) is 6.95. The predicted octanol–water partition coefficient (Wildman–Crippen LogP) is 2.59. The van der Waals surface area contributed by atoms with Gasteiger partial charge >= 0.3 is 6.18 Å². The SMILES string of the molecule is CNCCCN(C)S(=O)(=O)c1ccc(Cl)cc1C(F)(F)F. The van der Waals surface area contributed by atoms with Crippen molar-refractivity contribution in [2.24, 2.45) is 0 Å². The third kappa shape index (κ3) is 4.57. The van der Waals surface area contributed by atoms with Gasteiger partial charge in [0.1, 0.15) is 0 Å². The molecule has 0 atom stereocenters. The monoisotopic (exact) mass is 344 g/mol. The summed E-state index contributed by atoms with van der Waals surface area (Å²) < 4.78 is 64.4. The van der Waals surface area contributed by atoms with Crippen molar-refractivity contribution in [3.8, 4) is 0 Å². The van der Waals surface area contributed by atoms with Crippen molar-refractivity contribution < 1.29 is 21.6 Å². The number of alkyl halides is 3. The molecular formula is C12H16ClF3N2O2S. The van der Waals surface area contributed by atoms with Gasteiger partial charge < -0.3 is 5.32 Å². The number of benzene rings is 1. The molecule has 21 heavy (non-hydrogen) atoms. The first kappa shape index (κ1) is 18.2. The quantitative estimate of drug-likeness (QED) is 0.807. The highest BCUT2D eigenvalue weighted by Crippen LogP contribution is 2.36. The van der Waals surface area contributed by atoms with E-state index in [-0.39, 0.29) is 11.6 Å². The second-order valence-corrected chi connectivity index (χ2v) is 6.87. The van der Waals surface area contributed by atoms with E-state index in [1.54, 1.807) is 7.05 Å². The molecule has 1 aromatic rings. The van der Waals surface area contributed by atoms with Gasteiger partial charge in [-0.15, -0.1) is 0 Å². The first-order valence-corrected chi connectivity index (χ1v) is 7.90. The third-order valence-electron chi connectivity index (χ3n) is 2.84. The zero-order chi connectivity index (χ0) is 16.3. The Hall–Kier alpha value is -0.830. The van der Waals surface area contributed by atoms with Crippen molar-refractivity contribution in [1.29, 1.82) is 0 Å². The van der Waals surface area contributed by atoms with Crippen LogP contribution in [0.25, 0.3) is 0 Å². The van der Waals surface area contributed by atoms with Crippen LogP contribution in [0.4, 0.5) is 13.2 Å². The first-order chi connectivity index (χ1) is 9.60. The minimum atomic E-state index is -4.79. The lowest BCUT2D eigenvalue weighted by atomic mass is 10.2. The zero-order valence-corrected chi connectivity index (χ0v) is 13.1. The van der Waals surface area contributed by atoms with Gasteiger partial charge in [0.2, 0.25) is 10.0 Å². The molecular weight excluding hydrogens is 329 g/mol. The molecule has 0 spiro atoms. The molecule has 1 rings (SSSR count). The molecule has 1 aromatic carbocycles. The average Bonchev–Trinajstić information content (AvgIpc) is 2.37. The second-order valence-electron chi connectivity index (χ2n) is 4.42. The number of hydrogen-bond acceptors (Lipinski definition) is 3. The van der Waals surface area contributed by atoms with E-state index in [0.29, 0.717) is 19.0 Å². The summed E-state index contributed by atoms with van der Waals surface area (Å²) in [6, 6.07) is 2.63. The Morgan fingerprint density at radius 1 is 1.33 bits per heavy atom. The molecule has 0 unspecified atom stereocenters. The maximum Gasteiger partial charge on any atom is 0.417 e. The van der Waals surface area contributed by atoms with Crippen molar-refractivity contribution in [3.63, 3.8) is 0 Å². The Bertz CT molecular complexity index is 591. The van der Waals surface area contributed by atoms with Crippen LogP contribution in [0.3, 0.4) is 0 Å². The predicted molar refractivity (Wildman–Crippen MR) is 74.8 cm³/mol. The highest BCUT2D eigenvalue weighted by Gasteiger charge is 2.38. The van der Waals surface area contributed by atoms with Crippen LogP contribution in [0.5, 0.6) is 0 Å². The van der Waals surface area contributed by atoms with Crippen LogP contribution in [0.1, 0.15) is 12.0 Å². The maximum atomic E-state index is 13.0. The topological polar surface area (TPSA) is 49.4 Å². The van der Waals surface area contributed by atoms with Crippen LogP contribution in [0.2, 0.25) is 5.02 Å². The van der Waals surface area contributed by atoms with Crippen LogP contribution in [-0.4, -0.2) is 39.9 Å². The van der Waals surface area contributed by atoms with Gasteiger partial charge in [-0.05, 0) is 38.2 Å². The van der Waals surface area contributed by atoms with E-state index < -0.39 is 26.7 Å². The molecule has 0 saturated heterocycles. The molecule has 4 nitrogen and oxygen atoms in total. The van der Waals surface area contributed by atoms with Crippen molar-refractivity contribution in [3.05, 3.63) is 28.8 Å². The van der Waals surface area contributed by atoms with Gasteiger partial charge in [0, 0.05) is 18.6 Å². The molecule has 0 radical (unpaired) electrons. The van der Waals surface area contributed by atoms with E-state index in [4.69, 9.17) is 11.6 Å². The molecule has 0 fully saturated rings.